The van der Waals surface area contributed by atoms with Gasteiger partial charge in [-0.25, -0.2) is 0 Å². The fourth-order valence-corrected chi connectivity index (χ4v) is 2.27. The summed E-state index contributed by atoms with van der Waals surface area (Å²) in [5.41, 5.74) is 2.16. The predicted octanol–water partition coefficient (Wildman–Crippen LogP) is 1.75. The van der Waals surface area contributed by atoms with Crippen LogP contribution in [0.4, 0.5) is 0 Å². The van der Waals surface area contributed by atoms with Gasteiger partial charge in [-0.15, -0.1) is 0 Å². The monoisotopic (exact) mass is 372 g/mol. The Morgan fingerprint density at radius 3 is 1.71 bits per heavy atom. The molecule has 3 rings (SSSR count). The summed E-state index contributed by atoms with van der Waals surface area (Å²) in [5.74, 6) is 0. The maximum Gasteiger partial charge on any atom is 2.00 e. The minimum absolute atomic E-state index is 0. The molecule has 113 valence electrons. The minimum Gasteiger partial charge on any atom is -0.511 e. The van der Waals surface area contributed by atoms with Gasteiger partial charge < -0.3 is 19.6 Å². The van der Waals surface area contributed by atoms with Crippen molar-refractivity contribution in [3.8, 4) is 0 Å². The van der Waals surface area contributed by atoms with Crippen LogP contribution in [0, 0.1) is 13.3 Å². The Morgan fingerprint density at radius 2 is 1.33 bits per heavy atom. The fourth-order valence-electron chi connectivity index (χ4n) is 2.27. The van der Waals surface area contributed by atoms with Crippen LogP contribution in [0.15, 0.2) is 43.0 Å². The zero-order valence-corrected chi connectivity index (χ0v) is 13.8. The SMILES string of the molecule is CN1C=CN(Cc2cccc(CN3C=CN(C)[CH-]3)n2)[CH-]1.[Rh+2]. The van der Waals surface area contributed by atoms with E-state index in [1.165, 1.54) is 0 Å². The molecular formula is C15H19N5Rh. The molecule has 2 aliphatic rings. The number of nitrogens with zero attached hydrogens (tertiary/aromatic N) is 5. The quantitative estimate of drug-likeness (QED) is 0.593. The Hall–Kier alpha value is -1.55. The van der Waals surface area contributed by atoms with Gasteiger partial charge in [0, 0.05) is 13.1 Å². The molecule has 21 heavy (non-hydrogen) atoms. The molecule has 2 aliphatic heterocycles. The smallest absolute Gasteiger partial charge is 0.511 e. The molecule has 6 heteroatoms. The van der Waals surface area contributed by atoms with Crippen molar-refractivity contribution in [2.75, 3.05) is 14.1 Å². The van der Waals surface area contributed by atoms with Gasteiger partial charge >= 0.3 is 19.5 Å². The molecule has 0 atom stereocenters. The van der Waals surface area contributed by atoms with E-state index in [1.54, 1.807) is 0 Å². The molecule has 1 aromatic rings. The first-order valence-corrected chi connectivity index (χ1v) is 6.66. The van der Waals surface area contributed by atoms with Crippen LogP contribution in [0.25, 0.3) is 0 Å². The van der Waals surface area contributed by atoms with E-state index in [-0.39, 0.29) is 19.5 Å². The molecular weight excluding hydrogens is 353 g/mol. The van der Waals surface area contributed by atoms with Gasteiger partial charge in [0.05, 0.1) is 11.4 Å². The summed E-state index contributed by atoms with van der Waals surface area (Å²) in [6, 6.07) is 6.21. The Bertz CT molecular complexity index is 487. The molecule has 0 aromatic carbocycles. The van der Waals surface area contributed by atoms with E-state index in [9.17, 15) is 0 Å². The van der Waals surface area contributed by atoms with Gasteiger partial charge in [-0.1, -0.05) is 6.07 Å². The molecule has 0 saturated heterocycles. The summed E-state index contributed by atoms with van der Waals surface area (Å²) in [4.78, 5) is 13.0. The first-order chi connectivity index (χ1) is 9.69. The van der Waals surface area contributed by atoms with Crippen molar-refractivity contribution in [1.29, 1.82) is 0 Å². The van der Waals surface area contributed by atoms with E-state index in [2.05, 4.69) is 53.7 Å². The molecule has 3 heterocycles. The molecule has 0 amide bonds. The average molecular weight is 372 g/mol. The Kier molecular flexibility index (Phi) is 5.24. The van der Waals surface area contributed by atoms with Gasteiger partial charge in [0.15, 0.2) is 0 Å². The molecule has 0 fully saturated rings. The largest absolute Gasteiger partial charge is 2.00 e. The second-order valence-corrected chi connectivity index (χ2v) is 5.12. The zero-order chi connectivity index (χ0) is 13.9. The zero-order valence-electron chi connectivity index (χ0n) is 12.2. The number of aromatic nitrogens is 1. The number of pyridine rings is 1. The molecule has 0 unspecified atom stereocenters. The van der Waals surface area contributed by atoms with Crippen molar-refractivity contribution in [2.24, 2.45) is 0 Å². The van der Waals surface area contributed by atoms with Gasteiger partial charge in [-0.3, -0.25) is 4.98 Å². The van der Waals surface area contributed by atoms with Crippen molar-refractivity contribution in [2.45, 2.75) is 13.1 Å². The second-order valence-electron chi connectivity index (χ2n) is 5.12. The van der Waals surface area contributed by atoms with Crippen molar-refractivity contribution in [3.63, 3.8) is 0 Å². The van der Waals surface area contributed by atoms with Gasteiger partial charge in [0.25, 0.3) is 0 Å². The van der Waals surface area contributed by atoms with E-state index in [1.807, 2.05) is 36.3 Å². The summed E-state index contributed by atoms with van der Waals surface area (Å²) in [6.07, 6.45) is 8.17. The third-order valence-electron chi connectivity index (χ3n) is 3.20. The number of rotatable bonds is 4. The van der Waals surface area contributed by atoms with Crippen LogP contribution in [0.1, 0.15) is 11.4 Å². The van der Waals surface area contributed by atoms with Crippen LogP contribution in [0.5, 0.6) is 0 Å². The molecule has 0 bridgehead atoms. The van der Waals surface area contributed by atoms with Gasteiger partial charge in [-0.05, 0) is 51.0 Å². The van der Waals surface area contributed by atoms with E-state index in [0.29, 0.717) is 0 Å². The first kappa shape index (κ1) is 15.8. The van der Waals surface area contributed by atoms with Crippen LogP contribution in [-0.2, 0) is 32.6 Å². The van der Waals surface area contributed by atoms with Gasteiger partial charge in [0.1, 0.15) is 0 Å². The van der Waals surface area contributed by atoms with Crippen LogP contribution in [-0.4, -0.2) is 38.7 Å². The summed E-state index contributed by atoms with van der Waals surface area (Å²) in [7, 11) is 4.04. The van der Waals surface area contributed by atoms with Crippen molar-refractivity contribution >= 4 is 0 Å². The van der Waals surface area contributed by atoms with E-state index in [0.717, 1.165) is 24.5 Å². The molecule has 0 spiro atoms. The number of hydrogen-bond acceptors (Lipinski definition) is 5. The molecule has 0 N–H and O–H groups in total. The summed E-state index contributed by atoms with van der Waals surface area (Å²) < 4.78 is 0. The summed E-state index contributed by atoms with van der Waals surface area (Å²) >= 11 is 0. The van der Waals surface area contributed by atoms with Crippen LogP contribution in [0.2, 0.25) is 0 Å². The van der Waals surface area contributed by atoms with Crippen molar-refractivity contribution in [3.05, 3.63) is 67.7 Å². The van der Waals surface area contributed by atoms with Crippen LogP contribution in [0.3, 0.4) is 0 Å². The molecule has 1 radical (unpaired) electrons. The molecule has 1 aromatic heterocycles. The standard InChI is InChI=1S/C15H19N5.Rh/c1-17-6-8-19(12-17)10-14-4-3-5-15(16-14)11-20-9-7-18(2)13-20;/h3-9,12-13H,10-11H2,1-2H3;/q-2;+2. The Morgan fingerprint density at radius 1 is 0.857 bits per heavy atom. The molecule has 0 saturated carbocycles. The predicted molar refractivity (Wildman–Crippen MR) is 77.7 cm³/mol. The Balaban J connectivity index is 0.00000161. The maximum absolute atomic E-state index is 4.72. The van der Waals surface area contributed by atoms with Crippen molar-refractivity contribution in [1.82, 2.24) is 24.6 Å². The van der Waals surface area contributed by atoms with Crippen LogP contribution < -0.4 is 0 Å². The van der Waals surface area contributed by atoms with E-state index >= 15 is 0 Å². The summed E-state index contributed by atoms with van der Waals surface area (Å²) in [6.45, 7) is 5.71. The van der Waals surface area contributed by atoms with E-state index < -0.39 is 0 Å². The normalized spacial score (nSPS) is 16.9. The van der Waals surface area contributed by atoms with Gasteiger partial charge in [0.2, 0.25) is 0 Å². The molecule has 5 nitrogen and oxygen atoms in total. The third-order valence-corrected chi connectivity index (χ3v) is 3.20. The van der Waals surface area contributed by atoms with Gasteiger partial charge in [-0.2, -0.15) is 13.3 Å². The molecule has 0 aliphatic carbocycles. The first-order valence-electron chi connectivity index (χ1n) is 6.66. The minimum atomic E-state index is 0. The average Bonchev–Trinajstić information content (AvgIpc) is 2.99. The third kappa shape index (κ3) is 4.21. The van der Waals surface area contributed by atoms with E-state index in [4.69, 9.17) is 4.98 Å². The fraction of sp³-hybridized carbons (Fsp3) is 0.267. The summed E-state index contributed by atoms with van der Waals surface area (Å²) in [5, 5.41) is 0. The second kappa shape index (κ2) is 6.94. The number of hydrogen-bond donors (Lipinski definition) is 0. The van der Waals surface area contributed by atoms with Crippen LogP contribution >= 0.6 is 0 Å². The Labute approximate surface area is 139 Å². The topological polar surface area (TPSA) is 25.9 Å². The maximum atomic E-state index is 4.72. The van der Waals surface area contributed by atoms with Crippen molar-refractivity contribution < 1.29 is 19.5 Å².